The van der Waals surface area contributed by atoms with E-state index in [-0.39, 0.29) is 18.0 Å². The zero-order valence-corrected chi connectivity index (χ0v) is 16.8. The first kappa shape index (κ1) is 19.5. The molecule has 5 nitrogen and oxygen atoms in total. The molecule has 0 atom stereocenters. The van der Waals surface area contributed by atoms with Gasteiger partial charge >= 0.3 is 6.03 Å². The van der Waals surface area contributed by atoms with Crippen LogP contribution in [0.2, 0.25) is 5.02 Å². The number of hydrogen-bond acceptors (Lipinski definition) is 3. The number of ether oxygens (including phenoxy) is 1. The van der Waals surface area contributed by atoms with Crippen molar-refractivity contribution in [3.05, 3.63) is 70.4 Å². The van der Waals surface area contributed by atoms with Crippen LogP contribution in [0.4, 0.5) is 4.79 Å². The molecule has 1 heterocycles. The number of hydrogen-bond donors (Lipinski definition) is 1. The van der Waals surface area contributed by atoms with Crippen molar-refractivity contribution >= 4 is 29.6 Å². The SMILES string of the molecule is O=C1N/C(=C\c2ccccc2OCc2ccc(Cl)cc2)C(=O)N1C1CCCCC1. The summed E-state index contributed by atoms with van der Waals surface area (Å²) in [6.07, 6.45) is 6.74. The molecule has 1 saturated heterocycles. The second-order valence-corrected chi connectivity index (χ2v) is 7.84. The van der Waals surface area contributed by atoms with Crippen molar-refractivity contribution in [1.29, 1.82) is 0 Å². The molecule has 0 unspecified atom stereocenters. The third-order valence-corrected chi connectivity index (χ3v) is 5.63. The van der Waals surface area contributed by atoms with Gasteiger partial charge in [-0.05, 0) is 42.7 Å². The van der Waals surface area contributed by atoms with Crippen molar-refractivity contribution in [3.8, 4) is 5.75 Å². The van der Waals surface area contributed by atoms with Crippen LogP contribution in [0.5, 0.6) is 5.75 Å². The average Bonchev–Trinajstić information content (AvgIpc) is 3.02. The van der Waals surface area contributed by atoms with E-state index >= 15 is 0 Å². The lowest BCUT2D eigenvalue weighted by Crippen LogP contribution is -2.41. The molecular weight excluding hydrogens is 388 g/mol. The van der Waals surface area contributed by atoms with Crippen LogP contribution >= 0.6 is 11.6 Å². The smallest absolute Gasteiger partial charge is 0.329 e. The van der Waals surface area contributed by atoms with E-state index in [1.54, 1.807) is 6.08 Å². The van der Waals surface area contributed by atoms with Gasteiger partial charge in [-0.3, -0.25) is 9.69 Å². The van der Waals surface area contributed by atoms with Crippen LogP contribution in [-0.4, -0.2) is 22.9 Å². The summed E-state index contributed by atoms with van der Waals surface area (Å²) in [5.74, 6) is 0.391. The Morgan fingerprint density at radius 2 is 1.76 bits per heavy atom. The topological polar surface area (TPSA) is 58.6 Å². The first-order valence-corrected chi connectivity index (χ1v) is 10.3. The van der Waals surface area contributed by atoms with Gasteiger partial charge in [0.15, 0.2) is 0 Å². The molecule has 2 aromatic rings. The Labute approximate surface area is 175 Å². The van der Waals surface area contributed by atoms with Crippen molar-refractivity contribution < 1.29 is 14.3 Å². The summed E-state index contributed by atoms with van der Waals surface area (Å²) in [7, 11) is 0. The predicted octanol–water partition coefficient (Wildman–Crippen LogP) is 5.14. The van der Waals surface area contributed by atoms with Gasteiger partial charge in [-0.1, -0.05) is 61.2 Å². The first-order valence-electron chi connectivity index (χ1n) is 9.94. The molecule has 3 amide bonds. The van der Waals surface area contributed by atoms with Gasteiger partial charge in [-0.2, -0.15) is 0 Å². The van der Waals surface area contributed by atoms with E-state index < -0.39 is 0 Å². The highest BCUT2D eigenvalue weighted by Crippen LogP contribution is 2.28. The van der Waals surface area contributed by atoms with Gasteiger partial charge in [0.2, 0.25) is 0 Å². The number of rotatable bonds is 5. The third-order valence-electron chi connectivity index (χ3n) is 5.38. The lowest BCUT2D eigenvalue weighted by molar-refractivity contribution is -0.124. The Morgan fingerprint density at radius 3 is 2.52 bits per heavy atom. The number of nitrogens with one attached hydrogen (secondary N) is 1. The molecule has 1 aliphatic heterocycles. The van der Waals surface area contributed by atoms with Crippen LogP contribution in [0.15, 0.2) is 54.2 Å². The van der Waals surface area contributed by atoms with Crippen LogP contribution < -0.4 is 10.1 Å². The van der Waals surface area contributed by atoms with Crippen molar-refractivity contribution in [1.82, 2.24) is 10.2 Å². The minimum absolute atomic E-state index is 0.00134. The second kappa shape index (κ2) is 8.70. The van der Waals surface area contributed by atoms with Gasteiger partial charge in [0.05, 0.1) is 0 Å². The highest BCUT2D eigenvalue weighted by molar-refractivity contribution is 6.30. The number of imide groups is 1. The fourth-order valence-corrected chi connectivity index (χ4v) is 3.97. The van der Waals surface area contributed by atoms with E-state index in [1.807, 2.05) is 48.5 Å². The van der Waals surface area contributed by atoms with Gasteiger partial charge in [-0.15, -0.1) is 0 Å². The van der Waals surface area contributed by atoms with Crippen LogP contribution in [-0.2, 0) is 11.4 Å². The maximum absolute atomic E-state index is 12.9. The molecule has 4 rings (SSSR count). The summed E-state index contributed by atoms with van der Waals surface area (Å²) in [6, 6.07) is 14.6. The molecule has 0 radical (unpaired) electrons. The third kappa shape index (κ3) is 4.46. The molecule has 0 spiro atoms. The van der Waals surface area contributed by atoms with E-state index in [0.29, 0.717) is 23.1 Å². The Morgan fingerprint density at radius 1 is 1.03 bits per heavy atom. The normalized spacial score (nSPS) is 18.9. The van der Waals surface area contributed by atoms with Crippen LogP contribution in [0.3, 0.4) is 0 Å². The van der Waals surface area contributed by atoms with Gasteiger partial charge in [0, 0.05) is 16.6 Å². The van der Waals surface area contributed by atoms with E-state index in [4.69, 9.17) is 16.3 Å². The van der Waals surface area contributed by atoms with Crippen molar-refractivity contribution in [2.24, 2.45) is 0 Å². The summed E-state index contributed by atoms with van der Waals surface area (Å²) in [6.45, 7) is 0.381. The molecule has 0 bridgehead atoms. The molecule has 150 valence electrons. The maximum Gasteiger partial charge on any atom is 0.329 e. The quantitative estimate of drug-likeness (QED) is 0.548. The Bertz CT molecular complexity index is 933. The van der Waals surface area contributed by atoms with Gasteiger partial charge in [-0.25, -0.2) is 4.79 Å². The predicted molar refractivity (Wildman–Crippen MR) is 112 cm³/mol. The van der Waals surface area contributed by atoms with Crippen LogP contribution in [0.25, 0.3) is 6.08 Å². The highest BCUT2D eigenvalue weighted by atomic mass is 35.5. The van der Waals surface area contributed by atoms with Crippen molar-refractivity contribution in [2.45, 2.75) is 44.8 Å². The number of nitrogens with zero attached hydrogens (tertiary/aromatic N) is 1. The van der Waals surface area contributed by atoms with Gasteiger partial charge in [0.25, 0.3) is 5.91 Å². The van der Waals surface area contributed by atoms with Crippen LogP contribution in [0, 0.1) is 0 Å². The summed E-state index contributed by atoms with van der Waals surface area (Å²) >= 11 is 5.92. The van der Waals surface area contributed by atoms with Gasteiger partial charge < -0.3 is 10.1 Å². The Balaban J connectivity index is 1.51. The largest absolute Gasteiger partial charge is 0.488 e. The lowest BCUT2D eigenvalue weighted by Gasteiger charge is -2.28. The first-order chi connectivity index (χ1) is 14.1. The summed E-state index contributed by atoms with van der Waals surface area (Å²) in [5, 5.41) is 3.41. The number of para-hydroxylation sites is 1. The molecule has 2 aromatic carbocycles. The molecule has 0 aromatic heterocycles. The van der Waals surface area contributed by atoms with E-state index in [9.17, 15) is 9.59 Å². The number of halogens is 1. The number of urea groups is 1. The van der Waals surface area contributed by atoms with E-state index in [1.165, 1.54) is 11.3 Å². The van der Waals surface area contributed by atoms with Crippen molar-refractivity contribution in [2.75, 3.05) is 0 Å². The monoisotopic (exact) mass is 410 g/mol. The maximum atomic E-state index is 12.9. The average molecular weight is 411 g/mol. The molecule has 1 saturated carbocycles. The Hall–Kier alpha value is -2.79. The summed E-state index contributed by atoms with van der Waals surface area (Å²) < 4.78 is 5.95. The molecule has 2 fully saturated rings. The zero-order chi connectivity index (χ0) is 20.2. The van der Waals surface area contributed by atoms with Crippen LogP contribution in [0.1, 0.15) is 43.2 Å². The lowest BCUT2D eigenvalue weighted by atomic mass is 9.94. The molecule has 29 heavy (non-hydrogen) atoms. The van der Waals surface area contributed by atoms with E-state index in [0.717, 1.165) is 36.8 Å². The fourth-order valence-electron chi connectivity index (χ4n) is 3.85. The molecule has 1 aliphatic carbocycles. The van der Waals surface area contributed by atoms with Crippen molar-refractivity contribution in [3.63, 3.8) is 0 Å². The number of carbonyl (C=O) groups excluding carboxylic acids is 2. The molecule has 1 N–H and O–H groups in total. The minimum atomic E-state index is -0.326. The zero-order valence-electron chi connectivity index (χ0n) is 16.1. The molecule has 6 heteroatoms. The molecular formula is C23H23ClN2O3. The van der Waals surface area contributed by atoms with E-state index in [2.05, 4.69) is 5.32 Å². The number of amides is 3. The Kier molecular flexibility index (Phi) is 5.86. The summed E-state index contributed by atoms with van der Waals surface area (Å²) in [5.41, 5.74) is 2.03. The summed E-state index contributed by atoms with van der Waals surface area (Å²) in [4.78, 5) is 26.7. The number of benzene rings is 2. The van der Waals surface area contributed by atoms with Gasteiger partial charge in [0.1, 0.15) is 18.1 Å². The highest BCUT2D eigenvalue weighted by Gasteiger charge is 2.39. The second-order valence-electron chi connectivity index (χ2n) is 7.41. The standard InChI is InChI=1S/C23H23ClN2O3/c24-18-12-10-16(11-13-18)15-29-21-9-5-4-6-17(21)14-20-22(27)26(23(28)25-20)19-7-2-1-3-8-19/h4-6,9-14,19H,1-3,7-8,15H2,(H,25,28)/b20-14-. The number of carbonyl (C=O) groups is 2. The minimum Gasteiger partial charge on any atom is -0.488 e. The fraction of sp³-hybridized carbons (Fsp3) is 0.304. The molecule has 2 aliphatic rings.